The fourth-order valence-corrected chi connectivity index (χ4v) is 3.42. The van der Waals surface area contributed by atoms with Crippen molar-refractivity contribution in [1.29, 1.82) is 5.26 Å². The smallest absolute Gasteiger partial charge is 0.134 e. The molecule has 0 amide bonds. The van der Waals surface area contributed by atoms with Gasteiger partial charge >= 0.3 is 0 Å². The van der Waals surface area contributed by atoms with Crippen LogP contribution in [0.3, 0.4) is 0 Å². The van der Waals surface area contributed by atoms with Crippen LogP contribution in [-0.4, -0.2) is 11.6 Å². The number of para-hydroxylation sites is 1. The SMILES string of the molecule is CCOc1ccccc1/C=C(/C#N)c1nc(-c2ccc(CC)cc2)cs1. The molecule has 0 fully saturated rings. The van der Waals surface area contributed by atoms with Crippen molar-refractivity contribution in [3.63, 3.8) is 0 Å². The number of nitrogens with zero attached hydrogens (tertiary/aromatic N) is 2. The average molecular weight is 360 g/mol. The average Bonchev–Trinajstić information content (AvgIpc) is 3.17. The first-order valence-corrected chi connectivity index (χ1v) is 9.52. The number of aromatic nitrogens is 1. The zero-order valence-electron chi connectivity index (χ0n) is 14.9. The topological polar surface area (TPSA) is 45.9 Å². The molecule has 0 saturated heterocycles. The molecule has 0 bridgehead atoms. The summed E-state index contributed by atoms with van der Waals surface area (Å²) in [5.41, 5.74) is 4.69. The number of thiazole rings is 1. The largest absolute Gasteiger partial charge is 0.493 e. The number of ether oxygens (including phenoxy) is 1. The molecule has 3 rings (SSSR count). The van der Waals surface area contributed by atoms with Gasteiger partial charge in [0.2, 0.25) is 0 Å². The third kappa shape index (κ3) is 4.01. The lowest BCUT2D eigenvalue weighted by molar-refractivity contribution is 0.339. The van der Waals surface area contributed by atoms with Crippen LogP contribution in [0, 0.1) is 11.3 Å². The van der Waals surface area contributed by atoms with Crippen LogP contribution in [0.15, 0.2) is 53.9 Å². The highest BCUT2D eigenvalue weighted by Crippen LogP contribution is 2.29. The normalized spacial score (nSPS) is 11.2. The Morgan fingerprint density at radius 2 is 1.92 bits per heavy atom. The van der Waals surface area contributed by atoms with E-state index in [0.29, 0.717) is 17.2 Å². The van der Waals surface area contributed by atoms with Crippen LogP contribution in [-0.2, 0) is 6.42 Å². The number of aryl methyl sites for hydroxylation is 1. The van der Waals surface area contributed by atoms with Gasteiger partial charge in [0.15, 0.2) is 0 Å². The molecule has 0 radical (unpaired) electrons. The number of rotatable bonds is 6. The zero-order chi connectivity index (χ0) is 18.4. The summed E-state index contributed by atoms with van der Waals surface area (Å²) < 4.78 is 5.64. The van der Waals surface area contributed by atoms with Crippen LogP contribution in [0.25, 0.3) is 22.9 Å². The Bertz CT molecular complexity index is 949. The third-order valence-electron chi connectivity index (χ3n) is 4.03. The maximum atomic E-state index is 9.62. The molecule has 3 aromatic rings. The standard InChI is InChI=1S/C22H20N2OS/c1-3-16-9-11-17(12-10-16)20-15-26-22(24-20)19(14-23)13-18-7-5-6-8-21(18)25-4-2/h5-13,15H,3-4H2,1-2H3/b19-13-. The molecule has 1 heterocycles. The minimum absolute atomic E-state index is 0.540. The molecule has 0 saturated carbocycles. The predicted molar refractivity (Wildman–Crippen MR) is 108 cm³/mol. The van der Waals surface area contributed by atoms with Crippen LogP contribution in [0.5, 0.6) is 5.75 Å². The summed E-state index contributed by atoms with van der Waals surface area (Å²) in [6, 6.07) is 18.4. The summed E-state index contributed by atoms with van der Waals surface area (Å²) in [5, 5.41) is 12.3. The molecule has 26 heavy (non-hydrogen) atoms. The van der Waals surface area contributed by atoms with Gasteiger partial charge in [-0.05, 0) is 31.1 Å². The lowest BCUT2D eigenvalue weighted by atomic mass is 10.1. The minimum Gasteiger partial charge on any atom is -0.493 e. The molecule has 130 valence electrons. The van der Waals surface area contributed by atoms with E-state index in [1.54, 1.807) is 0 Å². The highest BCUT2D eigenvalue weighted by Gasteiger charge is 2.10. The van der Waals surface area contributed by atoms with E-state index < -0.39 is 0 Å². The van der Waals surface area contributed by atoms with Crippen molar-refractivity contribution in [3.05, 3.63) is 70.0 Å². The van der Waals surface area contributed by atoms with Crippen LogP contribution in [0.2, 0.25) is 0 Å². The van der Waals surface area contributed by atoms with E-state index in [1.807, 2.05) is 42.6 Å². The molecule has 0 aliphatic heterocycles. The van der Waals surface area contributed by atoms with Crippen molar-refractivity contribution < 1.29 is 4.74 Å². The number of nitriles is 1. The summed E-state index contributed by atoms with van der Waals surface area (Å²) in [6.45, 7) is 4.67. The van der Waals surface area contributed by atoms with Crippen molar-refractivity contribution in [1.82, 2.24) is 4.98 Å². The second kappa shape index (κ2) is 8.46. The Hall–Kier alpha value is -2.90. The molecular formula is C22H20N2OS. The molecule has 0 aliphatic carbocycles. The van der Waals surface area contributed by atoms with Crippen molar-refractivity contribution in [2.75, 3.05) is 6.61 Å². The van der Waals surface area contributed by atoms with Gasteiger partial charge in [-0.25, -0.2) is 4.98 Å². The quantitative estimate of drug-likeness (QED) is 0.519. The maximum Gasteiger partial charge on any atom is 0.134 e. The Morgan fingerprint density at radius 1 is 1.15 bits per heavy atom. The van der Waals surface area contributed by atoms with E-state index in [2.05, 4.69) is 42.2 Å². The Labute approximate surface area is 158 Å². The summed E-state index contributed by atoms with van der Waals surface area (Å²) in [7, 11) is 0. The molecule has 1 aromatic heterocycles. The van der Waals surface area contributed by atoms with Crippen LogP contribution < -0.4 is 4.74 Å². The highest BCUT2D eigenvalue weighted by atomic mass is 32.1. The zero-order valence-corrected chi connectivity index (χ0v) is 15.7. The van der Waals surface area contributed by atoms with Gasteiger partial charge < -0.3 is 4.74 Å². The van der Waals surface area contributed by atoms with E-state index in [0.717, 1.165) is 29.0 Å². The third-order valence-corrected chi connectivity index (χ3v) is 4.91. The Kier molecular flexibility index (Phi) is 5.83. The van der Waals surface area contributed by atoms with Gasteiger partial charge in [-0.2, -0.15) is 5.26 Å². The monoisotopic (exact) mass is 360 g/mol. The second-order valence-corrected chi connectivity index (χ2v) is 6.59. The summed E-state index contributed by atoms with van der Waals surface area (Å²) >= 11 is 1.48. The van der Waals surface area contributed by atoms with Gasteiger partial charge in [0, 0.05) is 16.5 Å². The van der Waals surface area contributed by atoms with Gasteiger partial charge in [0.05, 0.1) is 17.9 Å². The lowest BCUT2D eigenvalue weighted by Gasteiger charge is -2.06. The summed E-state index contributed by atoms with van der Waals surface area (Å²) in [6.07, 6.45) is 2.86. The first kappa shape index (κ1) is 17.9. The van der Waals surface area contributed by atoms with Gasteiger partial charge in [0.1, 0.15) is 16.8 Å². The van der Waals surface area contributed by atoms with E-state index in [1.165, 1.54) is 16.9 Å². The van der Waals surface area contributed by atoms with E-state index in [-0.39, 0.29) is 0 Å². The molecule has 0 N–H and O–H groups in total. The van der Waals surface area contributed by atoms with E-state index >= 15 is 0 Å². The van der Waals surface area contributed by atoms with Gasteiger partial charge in [-0.15, -0.1) is 11.3 Å². The van der Waals surface area contributed by atoms with Crippen molar-refractivity contribution in [2.24, 2.45) is 0 Å². The minimum atomic E-state index is 0.540. The Morgan fingerprint density at radius 3 is 2.62 bits per heavy atom. The number of allylic oxidation sites excluding steroid dienone is 1. The van der Waals surface area contributed by atoms with Gasteiger partial charge in [-0.3, -0.25) is 0 Å². The van der Waals surface area contributed by atoms with Crippen LogP contribution in [0.1, 0.15) is 30.0 Å². The second-order valence-electron chi connectivity index (χ2n) is 5.73. The molecule has 0 aliphatic rings. The van der Waals surface area contributed by atoms with Crippen LogP contribution >= 0.6 is 11.3 Å². The summed E-state index contributed by atoms with van der Waals surface area (Å²) in [4.78, 5) is 4.67. The van der Waals surface area contributed by atoms with E-state index in [9.17, 15) is 5.26 Å². The molecule has 3 nitrogen and oxygen atoms in total. The molecule has 0 spiro atoms. The van der Waals surface area contributed by atoms with E-state index in [4.69, 9.17) is 4.74 Å². The number of benzene rings is 2. The molecule has 2 aromatic carbocycles. The predicted octanol–water partition coefficient (Wildman–Crippen LogP) is 5.84. The Balaban J connectivity index is 1.92. The lowest BCUT2D eigenvalue weighted by Crippen LogP contribution is -1.93. The van der Waals surface area contributed by atoms with Crippen molar-refractivity contribution >= 4 is 23.0 Å². The summed E-state index contributed by atoms with van der Waals surface area (Å²) in [5.74, 6) is 0.773. The first-order chi connectivity index (χ1) is 12.7. The number of hydrogen-bond donors (Lipinski definition) is 0. The first-order valence-electron chi connectivity index (χ1n) is 8.64. The highest BCUT2D eigenvalue weighted by molar-refractivity contribution is 7.11. The fraction of sp³-hybridized carbons (Fsp3) is 0.182. The fourth-order valence-electron chi connectivity index (χ4n) is 2.63. The molecular weight excluding hydrogens is 340 g/mol. The van der Waals surface area contributed by atoms with Crippen LogP contribution in [0.4, 0.5) is 0 Å². The van der Waals surface area contributed by atoms with Crippen molar-refractivity contribution in [2.45, 2.75) is 20.3 Å². The van der Waals surface area contributed by atoms with Gasteiger partial charge in [0.25, 0.3) is 0 Å². The van der Waals surface area contributed by atoms with Crippen molar-refractivity contribution in [3.8, 4) is 23.1 Å². The number of hydrogen-bond acceptors (Lipinski definition) is 4. The molecule has 0 atom stereocenters. The molecule has 4 heteroatoms. The molecule has 0 unspecified atom stereocenters. The van der Waals surface area contributed by atoms with Gasteiger partial charge in [-0.1, -0.05) is 49.4 Å². The maximum absolute atomic E-state index is 9.62.